The molecule has 0 bridgehead atoms. The van der Waals surface area contributed by atoms with Gasteiger partial charge in [0.25, 0.3) is 0 Å². The summed E-state index contributed by atoms with van der Waals surface area (Å²) in [5.41, 5.74) is 0.899. The highest BCUT2D eigenvalue weighted by atomic mass is 32.2. The molecule has 2 aromatic carbocycles. The van der Waals surface area contributed by atoms with Crippen LogP contribution in [-0.4, -0.2) is 64.4 Å². The van der Waals surface area contributed by atoms with Crippen LogP contribution in [0, 0.1) is 0 Å². The first kappa shape index (κ1) is 25.2. The molecular weight excluding hydrogens is 462 g/mol. The number of methoxy groups -OCH3 is 2. The average Bonchev–Trinajstić information content (AvgIpc) is 2.87. The van der Waals surface area contributed by atoms with Crippen LogP contribution in [0.15, 0.2) is 47.4 Å². The van der Waals surface area contributed by atoms with Crippen LogP contribution in [0.25, 0.3) is 0 Å². The van der Waals surface area contributed by atoms with Gasteiger partial charge in [0.15, 0.2) is 0 Å². The molecule has 34 heavy (non-hydrogen) atoms. The molecule has 3 rings (SSSR count). The van der Waals surface area contributed by atoms with Crippen molar-refractivity contribution in [1.29, 1.82) is 0 Å². The minimum absolute atomic E-state index is 0.115. The second-order valence-electron chi connectivity index (χ2n) is 7.68. The summed E-state index contributed by atoms with van der Waals surface area (Å²) in [4.78, 5) is 36.4. The first-order chi connectivity index (χ1) is 16.2. The van der Waals surface area contributed by atoms with Crippen LogP contribution in [0.3, 0.4) is 0 Å². The summed E-state index contributed by atoms with van der Waals surface area (Å²) in [6.45, 7) is 0.774. The summed E-state index contributed by atoms with van der Waals surface area (Å²) in [7, 11) is -1.20. The lowest BCUT2D eigenvalue weighted by atomic mass is 10.1. The molecule has 0 aliphatic carbocycles. The molecule has 1 fully saturated rings. The van der Waals surface area contributed by atoms with E-state index in [1.807, 2.05) is 0 Å². The Hall–Kier alpha value is -3.44. The molecule has 1 saturated heterocycles. The molecule has 1 aliphatic rings. The predicted octanol–water partition coefficient (Wildman–Crippen LogP) is 2.49. The Balaban J connectivity index is 1.69. The molecule has 10 nitrogen and oxygen atoms in total. The quantitative estimate of drug-likeness (QED) is 0.541. The summed E-state index contributed by atoms with van der Waals surface area (Å²) in [6, 6.07) is 10.3. The normalized spacial score (nSPS) is 14.2. The van der Waals surface area contributed by atoms with Crippen molar-refractivity contribution in [2.24, 2.45) is 0 Å². The minimum atomic E-state index is -3.63. The van der Waals surface area contributed by atoms with Gasteiger partial charge in [-0.15, -0.1) is 0 Å². The van der Waals surface area contributed by atoms with Gasteiger partial charge in [-0.1, -0.05) is 12.5 Å². The van der Waals surface area contributed by atoms with Gasteiger partial charge in [0.05, 0.1) is 36.8 Å². The molecule has 182 valence electrons. The van der Waals surface area contributed by atoms with Crippen LogP contribution in [0.5, 0.6) is 0 Å². The maximum absolute atomic E-state index is 12.9. The number of nitrogens with zero attached hydrogens (tertiary/aromatic N) is 1. The number of anilines is 2. The smallest absolute Gasteiger partial charge is 0.337 e. The number of amides is 1. The predicted molar refractivity (Wildman–Crippen MR) is 125 cm³/mol. The van der Waals surface area contributed by atoms with E-state index in [9.17, 15) is 22.8 Å². The molecule has 0 radical (unpaired) electrons. The highest BCUT2D eigenvalue weighted by Gasteiger charge is 2.26. The highest BCUT2D eigenvalue weighted by molar-refractivity contribution is 7.89. The number of sulfonamides is 1. The van der Waals surface area contributed by atoms with Gasteiger partial charge in [-0.3, -0.25) is 4.79 Å². The first-order valence-electron chi connectivity index (χ1n) is 10.7. The fourth-order valence-corrected chi connectivity index (χ4v) is 5.14. The number of esters is 2. The Morgan fingerprint density at radius 2 is 1.50 bits per heavy atom. The van der Waals surface area contributed by atoms with E-state index in [-0.39, 0.29) is 22.6 Å². The third kappa shape index (κ3) is 6.12. The number of hydrogen-bond donors (Lipinski definition) is 2. The van der Waals surface area contributed by atoms with E-state index in [0.29, 0.717) is 24.5 Å². The Kier molecular flexibility index (Phi) is 8.24. The van der Waals surface area contributed by atoms with Crippen molar-refractivity contribution in [1.82, 2.24) is 4.31 Å². The Morgan fingerprint density at radius 3 is 2.09 bits per heavy atom. The molecule has 0 unspecified atom stereocenters. The van der Waals surface area contributed by atoms with E-state index in [1.54, 1.807) is 12.1 Å². The molecule has 0 aromatic heterocycles. The SMILES string of the molecule is COC(=O)c1cc(NCC(=O)Nc2cccc(S(=O)(=O)N3CCCCC3)c2)cc(C(=O)OC)c1. The lowest BCUT2D eigenvalue weighted by Gasteiger charge is -2.26. The maximum Gasteiger partial charge on any atom is 0.337 e. The number of carbonyl (C=O) groups excluding carboxylic acids is 3. The summed E-state index contributed by atoms with van der Waals surface area (Å²) in [5.74, 6) is -1.74. The molecule has 0 spiro atoms. The van der Waals surface area contributed by atoms with E-state index < -0.39 is 27.9 Å². The van der Waals surface area contributed by atoms with Gasteiger partial charge in [0.1, 0.15) is 0 Å². The standard InChI is InChI=1S/C23H27N3O7S/c1-32-22(28)16-11-17(23(29)33-2)13-19(12-16)24-15-21(27)25-18-7-6-8-20(14-18)34(30,31)26-9-4-3-5-10-26/h6-8,11-14,24H,3-5,9-10,15H2,1-2H3,(H,25,27). The topological polar surface area (TPSA) is 131 Å². The monoisotopic (exact) mass is 489 g/mol. The van der Waals surface area contributed by atoms with Crippen LogP contribution < -0.4 is 10.6 Å². The molecule has 0 saturated carbocycles. The zero-order valence-electron chi connectivity index (χ0n) is 19.0. The average molecular weight is 490 g/mol. The molecular formula is C23H27N3O7S. The molecule has 0 atom stereocenters. The molecule has 1 amide bonds. The third-order valence-corrected chi connectivity index (χ3v) is 7.19. The summed E-state index contributed by atoms with van der Waals surface area (Å²) in [5, 5.41) is 5.50. The van der Waals surface area contributed by atoms with Crippen LogP contribution in [0.2, 0.25) is 0 Å². The molecule has 11 heteroatoms. The van der Waals surface area contributed by atoms with Gasteiger partial charge in [-0.05, 0) is 49.2 Å². The van der Waals surface area contributed by atoms with Gasteiger partial charge < -0.3 is 20.1 Å². The van der Waals surface area contributed by atoms with Crippen molar-refractivity contribution >= 4 is 39.2 Å². The molecule has 1 heterocycles. The van der Waals surface area contributed by atoms with E-state index >= 15 is 0 Å². The van der Waals surface area contributed by atoms with Crippen LogP contribution >= 0.6 is 0 Å². The van der Waals surface area contributed by atoms with Crippen molar-refractivity contribution in [3.05, 3.63) is 53.6 Å². The van der Waals surface area contributed by atoms with Crippen LogP contribution in [-0.2, 0) is 24.3 Å². The minimum Gasteiger partial charge on any atom is -0.465 e. The van der Waals surface area contributed by atoms with Gasteiger partial charge in [0.2, 0.25) is 15.9 Å². The van der Waals surface area contributed by atoms with Gasteiger partial charge in [-0.25, -0.2) is 18.0 Å². The van der Waals surface area contributed by atoms with E-state index in [4.69, 9.17) is 9.47 Å². The second kappa shape index (κ2) is 11.1. The van der Waals surface area contributed by atoms with E-state index in [0.717, 1.165) is 19.3 Å². The van der Waals surface area contributed by atoms with Crippen molar-refractivity contribution in [2.45, 2.75) is 24.2 Å². The zero-order valence-corrected chi connectivity index (χ0v) is 19.8. The van der Waals surface area contributed by atoms with Crippen molar-refractivity contribution in [3.8, 4) is 0 Å². The zero-order chi connectivity index (χ0) is 24.7. The number of hydrogen-bond acceptors (Lipinski definition) is 8. The fourth-order valence-electron chi connectivity index (χ4n) is 3.58. The highest BCUT2D eigenvalue weighted by Crippen LogP contribution is 2.23. The lowest BCUT2D eigenvalue weighted by Crippen LogP contribution is -2.35. The Bertz CT molecular complexity index is 1140. The number of rotatable bonds is 8. The summed E-state index contributed by atoms with van der Waals surface area (Å²) < 4.78 is 36.6. The van der Waals surface area contributed by atoms with Crippen molar-refractivity contribution in [2.75, 3.05) is 44.5 Å². The molecule has 1 aliphatic heterocycles. The van der Waals surface area contributed by atoms with Gasteiger partial charge in [0, 0.05) is 24.5 Å². The van der Waals surface area contributed by atoms with E-state index in [1.165, 1.54) is 48.9 Å². The number of ether oxygens (including phenoxy) is 2. The fraction of sp³-hybridized carbons (Fsp3) is 0.348. The summed E-state index contributed by atoms with van der Waals surface area (Å²) >= 11 is 0. The Morgan fingerprint density at radius 1 is 0.882 bits per heavy atom. The Labute approximate surface area is 198 Å². The lowest BCUT2D eigenvalue weighted by molar-refractivity contribution is -0.114. The van der Waals surface area contributed by atoms with Crippen LogP contribution in [0.4, 0.5) is 11.4 Å². The van der Waals surface area contributed by atoms with E-state index in [2.05, 4.69) is 10.6 Å². The second-order valence-corrected chi connectivity index (χ2v) is 9.61. The number of benzene rings is 2. The third-order valence-electron chi connectivity index (χ3n) is 5.30. The number of carbonyl (C=O) groups is 3. The van der Waals surface area contributed by atoms with Crippen molar-refractivity contribution in [3.63, 3.8) is 0 Å². The number of piperidine rings is 1. The maximum atomic E-state index is 12.9. The molecule has 2 N–H and O–H groups in total. The summed E-state index contributed by atoms with van der Waals surface area (Å²) in [6.07, 6.45) is 2.67. The largest absolute Gasteiger partial charge is 0.465 e. The van der Waals surface area contributed by atoms with Crippen molar-refractivity contribution < 1.29 is 32.3 Å². The van der Waals surface area contributed by atoms with Crippen LogP contribution in [0.1, 0.15) is 40.0 Å². The van der Waals surface area contributed by atoms with Gasteiger partial charge in [-0.2, -0.15) is 4.31 Å². The number of nitrogens with one attached hydrogen (secondary N) is 2. The first-order valence-corrected chi connectivity index (χ1v) is 12.1. The molecule has 2 aromatic rings. The van der Waals surface area contributed by atoms with Gasteiger partial charge >= 0.3 is 11.9 Å².